The first-order chi connectivity index (χ1) is 10.5. The molecule has 22 heavy (non-hydrogen) atoms. The molecule has 112 valence electrons. The minimum Gasteiger partial charge on any atom is -0.462 e. The summed E-state index contributed by atoms with van der Waals surface area (Å²) in [7, 11) is 0. The summed E-state index contributed by atoms with van der Waals surface area (Å²) < 4.78 is 6.39. The molecule has 0 aliphatic heterocycles. The normalized spacial score (nSPS) is 10.1. The number of carbonyl (C=O) groups excluding carboxylic acids is 1. The van der Waals surface area contributed by atoms with E-state index in [9.17, 15) is 9.59 Å². The number of rotatable bonds is 3. The third-order valence-corrected chi connectivity index (χ3v) is 3.32. The molecule has 0 saturated carbocycles. The van der Waals surface area contributed by atoms with E-state index in [1.54, 1.807) is 51.1 Å². The maximum atomic E-state index is 12.5. The average molecular weight is 296 g/mol. The number of nitrogens with zero attached hydrogens (tertiary/aromatic N) is 2. The second-order valence-electron chi connectivity index (χ2n) is 4.87. The number of hydrogen-bond acceptors (Lipinski definition) is 4. The number of aryl methyl sites for hydroxylation is 2. The average Bonchev–Trinajstić information content (AvgIpc) is 2.47. The van der Waals surface area contributed by atoms with Crippen LogP contribution in [0.5, 0.6) is 0 Å². The highest BCUT2D eigenvalue weighted by molar-refractivity contribution is 5.90. The molecular weight excluding hydrogens is 280 g/mol. The van der Waals surface area contributed by atoms with E-state index in [1.807, 2.05) is 6.07 Å². The highest BCUT2D eigenvalue weighted by Gasteiger charge is 2.13. The monoisotopic (exact) mass is 296 g/mol. The van der Waals surface area contributed by atoms with Crippen molar-refractivity contribution in [3.8, 4) is 11.8 Å². The molecule has 0 radical (unpaired) electrons. The van der Waals surface area contributed by atoms with E-state index in [0.717, 1.165) is 0 Å². The fourth-order valence-electron chi connectivity index (χ4n) is 2.33. The van der Waals surface area contributed by atoms with E-state index in [4.69, 9.17) is 10.00 Å². The number of benzene rings is 1. The molecule has 0 unspecified atom stereocenters. The van der Waals surface area contributed by atoms with Crippen LogP contribution in [-0.4, -0.2) is 17.1 Å². The molecule has 5 nitrogen and oxygen atoms in total. The van der Waals surface area contributed by atoms with Gasteiger partial charge in [-0.05, 0) is 50.6 Å². The maximum absolute atomic E-state index is 12.5. The molecule has 1 aromatic carbocycles. The molecule has 0 aliphatic carbocycles. The third kappa shape index (κ3) is 2.77. The van der Waals surface area contributed by atoms with Crippen LogP contribution in [0.25, 0.3) is 5.69 Å². The lowest BCUT2D eigenvalue weighted by Gasteiger charge is -2.13. The number of aromatic nitrogens is 1. The summed E-state index contributed by atoms with van der Waals surface area (Å²) in [6.07, 6.45) is 0. The number of ether oxygens (including phenoxy) is 1. The molecule has 2 aromatic rings. The van der Waals surface area contributed by atoms with Crippen molar-refractivity contribution in [2.45, 2.75) is 20.8 Å². The molecule has 0 N–H and O–H groups in total. The van der Waals surface area contributed by atoms with E-state index in [0.29, 0.717) is 22.5 Å². The molecule has 5 heteroatoms. The Bertz CT molecular complexity index is 829. The van der Waals surface area contributed by atoms with Crippen LogP contribution in [0.2, 0.25) is 0 Å². The van der Waals surface area contributed by atoms with Crippen molar-refractivity contribution in [3.05, 3.63) is 63.1 Å². The van der Waals surface area contributed by atoms with E-state index >= 15 is 0 Å². The quantitative estimate of drug-likeness (QED) is 0.816. The van der Waals surface area contributed by atoms with Crippen molar-refractivity contribution in [2.75, 3.05) is 6.61 Å². The second-order valence-corrected chi connectivity index (χ2v) is 4.87. The zero-order chi connectivity index (χ0) is 16.3. The van der Waals surface area contributed by atoms with Gasteiger partial charge in [0, 0.05) is 11.4 Å². The predicted octanol–water partition coefficient (Wildman–Crippen LogP) is 2.50. The molecule has 0 atom stereocenters. The van der Waals surface area contributed by atoms with E-state index in [1.165, 1.54) is 4.57 Å². The number of esters is 1. The van der Waals surface area contributed by atoms with Gasteiger partial charge in [0.15, 0.2) is 0 Å². The van der Waals surface area contributed by atoms with Crippen molar-refractivity contribution in [2.24, 2.45) is 0 Å². The van der Waals surface area contributed by atoms with Gasteiger partial charge in [-0.1, -0.05) is 6.07 Å². The summed E-state index contributed by atoms with van der Waals surface area (Å²) in [5.41, 5.74) is 1.95. The smallest absolute Gasteiger partial charge is 0.338 e. The second kappa shape index (κ2) is 6.27. The first-order valence-corrected chi connectivity index (χ1v) is 6.90. The summed E-state index contributed by atoms with van der Waals surface area (Å²) in [4.78, 5) is 24.3. The lowest BCUT2D eigenvalue weighted by Crippen LogP contribution is -2.24. The summed E-state index contributed by atoms with van der Waals surface area (Å²) in [5, 5.41) is 9.14. The van der Waals surface area contributed by atoms with Gasteiger partial charge in [-0.3, -0.25) is 9.36 Å². The zero-order valence-electron chi connectivity index (χ0n) is 12.7. The Morgan fingerprint density at radius 2 is 2.05 bits per heavy atom. The number of carbonyl (C=O) groups is 1. The van der Waals surface area contributed by atoms with Crippen LogP contribution in [0.4, 0.5) is 0 Å². The van der Waals surface area contributed by atoms with Crippen molar-refractivity contribution in [1.82, 2.24) is 4.57 Å². The zero-order valence-corrected chi connectivity index (χ0v) is 12.7. The summed E-state index contributed by atoms with van der Waals surface area (Å²) >= 11 is 0. The number of pyridine rings is 1. The van der Waals surface area contributed by atoms with Gasteiger partial charge < -0.3 is 4.74 Å². The molecule has 1 aromatic heterocycles. The molecule has 0 bridgehead atoms. The summed E-state index contributed by atoms with van der Waals surface area (Å²) in [5.74, 6) is -0.442. The minimum atomic E-state index is -0.442. The molecule has 1 heterocycles. The fourth-order valence-corrected chi connectivity index (χ4v) is 2.33. The van der Waals surface area contributed by atoms with Crippen molar-refractivity contribution in [1.29, 1.82) is 5.26 Å². The maximum Gasteiger partial charge on any atom is 0.338 e. The summed E-state index contributed by atoms with van der Waals surface area (Å²) in [6.45, 7) is 5.53. The lowest BCUT2D eigenvalue weighted by molar-refractivity contribution is 0.0526. The Morgan fingerprint density at radius 1 is 1.32 bits per heavy atom. The molecule has 0 fully saturated rings. The standard InChI is InChI=1S/C17H16N2O3/c1-4-22-17(21)13-6-5-7-14(9-13)19-12(3)8-11(2)15(10-18)16(19)20/h5-9H,4H2,1-3H3. The van der Waals surface area contributed by atoms with Gasteiger partial charge in [-0.25, -0.2) is 4.79 Å². The largest absolute Gasteiger partial charge is 0.462 e. The van der Waals surface area contributed by atoms with Crippen LogP contribution >= 0.6 is 0 Å². The van der Waals surface area contributed by atoms with Gasteiger partial charge in [0.2, 0.25) is 0 Å². The first kappa shape index (κ1) is 15.5. The Morgan fingerprint density at radius 3 is 2.68 bits per heavy atom. The topological polar surface area (TPSA) is 72.1 Å². The van der Waals surface area contributed by atoms with Crippen LogP contribution in [0.1, 0.15) is 34.1 Å². The van der Waals surface area contributed by atoms with Crippen LogP contribution in [0.15, 0.2) is 35.1 Å². The van der Waals surface area contributed by atoms with E-state index < -0.39 is 5.97 Å². The van der Waals surface area contributed by atoms with Gasteiger partial charge in [-0.15, -0.1) is 0 Å². The third-order valence-electron chi connectivity index (χ3n) is 3.32. The minimum absolute atomic E-state index is 0.104. The Balaban J connectivity index is 2.64. The lowest BCUT2D eigenvalue weighted by atomic mass is 10.1. The van der Waals surface area contributed by atoms with E-state index in [-0.39, 0.29) is 17.7 Å². The molecule has 0 saturated heterocycles. The van der Waals surface area contributed by atoms with Crippen molar-refractivity contribution < 1.29 is 9.53 Å². The highest BCUT2D eigenvalue weighted by atomic mass is 16.5. The van der Waals surface area contributed by atoms with E-state index in [2.05, 4.69) is 0 Å². The van der Waals surface area contributed by atoms with Crippen LogP contribution in [0.3, 0.4) is 0 Å². The molecule has 0 aliphatic rings. The number of nitriles is 1. The van der Waals surface area contributed by atoms with Crippen LogP contribution in [-0.2, 0) is 4.74 Å². The Kier molecular flexibility index (Phi) is 4.42. The van der Waals surface area contributed by atoms with Gasteiger partial charge in [0.25, 0.3) is 5.56 Å². The van der Waals surface area contributed by atoms with Gasteiger partial charge in [-0.2, -0.15) is 5.26 Å². The van der Waals surface area contributed by atoms with Gasteiger partial charge >= 0.3 is 5.97 Å². The molecule has 2 rings (SSSR count). The van der Waals surface area contributed by atoms with Crippen LogP contribution in [0, 0.1) is 25.2 Å². The Labute approximate surface area is 128 Å². The highest BCUT2D eigenvalue weighted by Crippen LogP contribution is 2.14. The predicted molar refractivity (Wildman–Crippen MR) is 82.2 cm³/mol. The molecule has 0 amide bonds. The van der Waals surface area contributed by atoms with Crippen molar-refractivity contribution >= 4 is 5.97 Å². The fraction of sp³-hybridized carbons (Fsp3) is 0.235. The molecule has 0 spiro atoms. The van der Waals surface area contributed by atoms with Crippen molar-refractivity contribution in [3.63, 3.8) is 0 Å². The first-order valence-electron chi connectivity index (χ1n) is 6.90. The van der Waals surface area contributed by atoms with Gasteiger partial charge in [0.05, 0.1) is 12.2 Å². The SMILES string of the molecule is CCOC(=O)c1cccc(-n2c(C)cc(C)c(C#N)c2=O)c1. The molecular formula is C17H16N2O3. The van der Waals surface area contributed by atoms with Gasteiger partial charge in [0.1, 0.15) is 11.6 Å². The Hall–Kier alpha value is -2.87. The number of hydrogen-bond donors (Lipinski definition) is 0. The van der Waals surface area contributed by atoms with Crippen LogP contribution < -0.4 is 5.56 Å². The summed E-state index contributed by atoms with van der Waals surface area (Å²) in [6, 6.07) is 10.3.